The first-order valence-electron chi connectivity index (χ1n) is 7.14. The van der Waals surface area contributed by atoms with Gasteiger partial charge < -0.3 is 5.32 Å². The van der Waals surface area contributed by atoms with Crippen LogP contribution < -0.4 is 5.32 Å². The van der Waals surface area contributed by atoms with Crippen LogP contribution in [0.3, 0.4) is 0 Å². The van der Waals surface area contributed by atoms with E-state index in [1.165, 1.54) is 37.2 Å². The van der Waals surface area contributed by atoms with Crippen LogP contribution in [-0.4, -0.2) is 33.6 Å². The molecular formula is C13H24N4S. The number of hydrogen-bond donors (Lipinski definition) is 1. The molecule has 2 rings (SSSR count). The Kier molecular flexibility index (Phi) is 5.38. The largest absolute Gasteiger partial charge is 0.374 e. The molecule has 0 spiro atoms. The van der Waals surface area contributed by atoms with E-state index in [0.29, 0.717) is 0 Å². The van der Waals surface area contributed by atoms with Crippen LogP contribution in [0.5, 0.6) is 0 Å². The maximum absolute atomic E-state index is 4.29. The summed E-state index contributed by atoms with van der Waals surface area (Å²) in [5, 5.41) is 8.88. The van der Waals surface area contributed by atoms with Gasteiger partial charge in [0, 0.05) is 30.7 Å². The zero-order valence-corrected chi connectivity index (χ0v) is 12.3. The van der Waals surface area contributed by atoms with E-state index in [2.05, 4.69) is 33.7 Å². The van der Waals surface area contributed by atoms with Crippen molar-refractivity contribution in [3.63, 3.8) is 0 Å². The van der Waals surface area contributed by atoms with Gasteiger partial charge in [0.15, 0.2) is 0 Å². The summed E-state index contributed by atoms with van der Waals surface area (Å²) in [5.74, 6) is 0. The predicted molar refractivity (Wildman–Crippen MR) is 77.0 cm³/mol. The highest BCUT2D eigenvalue weighted by atomic mass is 32.1. The predicted octanol–water partition coefficient (Wildman–Crippen LogP) is 3.12. The van der Waals surface area contributed by atoms with Crippen molar-refractivity contribution in [3.8, 4) is 0 Å². The summed E-state index contributed by atoms with van der Waals surface area (Å²) in [6, 6.07) is 0.760. The third-order valence-corrected chi connectivity index (χ3v) is 4.42. The Hall–Kier alpha value is -0.680. The van der Waals surface area contributed by atoms with Crippen molar-refractivity contribution in [2.75, 3.05) is 18.4 Å². The minimum atomic E-state index is 0.760. The van der Waals surface area contributed by atoms with Gasteiger partial charge in [-0.2, -0.15) is 0 Å². The summed E-state index contributed by atoms with van der Waals surface area (Å²) in [6.07, 6.45) is 6.61. The number of hydrogen-bond acceptors (Lipinski definition) is 5. The number of nitrogens with zero attached hydrogens (tertiary/aromatic N) is 3. The molecule has 18 heavy (non-hydrogen) atoms. The van der Waals surface area contributed by atoms with Gasteiger partial charge in [0.25, 0.3) is 0 Å². The molecule has 0 aliphatic heterocycles. The highest BCUT2D eigenvalue weighted by molar-refractivity contribution is 7.10. The van der Waals surface area contributed by atoms with Crippen molar-refractivity contribution >= 4 is 16.5 Å². The van der Waals surface area contributed by atoms with Gasteiger partial charge >= 0.3 is 0 Å². The second kappa shape index (κ2) is 7.04. The van der Waals surface area contributed by atoms with Gasteiger partial charge in [-0.25, -0.2) is 0 Å². The van der Waals surface area contributed by atoms with Crippen molar-refractivity contribution in [2.24, 2.45) is 0 Å². The Bertz CT molecular complexity index is 347. The first-order valence-corrected chi connectivity index (χ1v) is 7.91. The van der Waals surface area contributed by atoms with Crippen LogP contribution in [0.1, 0.15) is 51.6 Å². The molecule has 1 N–H and O–H groups in total. The Balaban J connectivity index is 1.95. The minimum Gasteiger partial charge on any atom is -0.374 e. The SMILES string of the molecule is CCCNc1snnc1CN(CC)C1CCCC1. The molecule has 4 nitrogen and oxygen atoms in total. The number of anilines is 1. The molecule has 1 aromatic rings. The van der Waals surface area contributed by atoms with Gasteiger partial charge in [0.05, 0.1) is 0 Å². The fraction of sp³-hybridized carbons (Fsp3) is 0.846. The van der Waals surface area contributed by atoms with Gasteiger partial charge in [-0.1, -0.05) is 31.2 Å². The molecule has 0 amide bonds. The molecule has 0 bridgehead atoms. The first kappa shape index (κ1) is 13.7. The average molecular weight is 268 g/mol. The molecule has 0 atom stereocenters. The van der Waals surface area contributed by atoms with Crippen LogP contribution in [-0.2, 0) is 6.54 Å². The quantitative estimate of drug-likeness (QED) is 0.825. The topological polar surface area (TPSA) is 41.1 Å². The maximum Gasteiger partial charge on any atom is 0.134 e. The van der Waals surface area contributed by atoms with E-state index in [1.807, 2.05) is 0 Å². The van der Waals surface area contributed by atoms with Crippen LogP contribution in [0, 0.1) is 0 Å². The molecule has 1 fully saturated rings. The van der Waals surface area contributed by atoms with Gasteiger partial charge in [-0.3, -0.25) is 4.90 Å². The molecular weight excluding hydrogens is 244 g/mol. The molecule has 1 aliphatic carbocycles. The summed E-state index contributed by atoms with van der Waals surface area (Å²) in [7, 11) is 0. The Morgan fingerprint density at radius 3 is 2.78 bits per heavy atom. The van der Waals surface area contributed by atoms with Gasteiger partial charge in [0.1, 0.15) is 10.7 Å². The summed E-state index contributed by atoms with van der Waals surface area (Å²) < 4.78 is 4.09. The molecule has 0 aromatic carbocycles. The molecule has 5 heteroatoms. The second-order valence-corrected chi connectivity index (χ2v) is 5.73. The Morgan fingerprint density at radius 2 is 2.11 bits per heavy atom. The lowest BCUT2D eigenvalue weighted by atomic mass is 10.2. The zero-order valence-electron chi connectivity index (χ0n) is 11.5. The molecule has 1 aromatic heterocycles. The zero-order chi connectivity index (χ0) is 12.8. The number of aromatic nitrogens is 2. The minimum absolute atomic E-state index is 0.760. The van der Waals surface area contributed by atoms with Crippen molar-refractivity contribution < 1.29 is 0 Å². The van der Waals surface area contributed by atoms with Gasteiger partial charge in [0.2, 0.25) is 0 Å². The van der Waals surface area contributed by atoms with Crippen LogP contribution >= 0.6 is 11.5 Å². The Labute approximate surface area is 114 Å². The second-order valence-electron chi connectivity index (χ2n) is 4.98. The van der Waals surface area contributed by atoms with Crippen molar-refractivity contribution in [3.05, 3.63) is 5.69 Å². The highest BCUT2D eigenvalue weighted by Gasteiger charge is 2.23. The smallest absolute Gasteiger partial charge is 0.134 e. The first-order chi connectivity index (χ1) is 8.85. The molecule has 0 saturated heterocycles. The normalized spacial score (nSPS) is 16.6. The van der Waals surface area contributed by atoms with E-state index >= 15 is 0 Å². The monoisotopic (exact) mass is 268 g/mol. The number of rotatable bonds is 7. The molecule has 1 heterocycles. The number of nitrogens with one attached hydrogen (secondary N) is 1. The van der Waals surface area contributed by atoms with Gasteiger partial charge in [-0.05, 0) is 25.8 Å². The van der Waals surface area contributed by atoms with E-state index in [-0.39, 0.29) is 0 Å². The molecule has 0 unspecified atom stereocenters. The van der Waals surface area contributed by atoms with Crippen LogP contribution in [0.4, 0.5) is 5.00 Å². The summed E-state index contributed by atoms with van der Waals surface area (Å²) in [6.45, 7) is 7.49. The summed E-state index contributed by atoms with van der Waals surface area (Å²) in [5.41, 5.74) is 1.13. The third kappa shape index (κ3) is 3.42. The highest BCUT2D eigenvalue weighted by Crippen LogP contribution is 2.26. The molecule has 0 radical (unpaired) electrons. The molecule has 102 valence electrons. The summed E-state index contributed by atoms with van der Waals surface area (Å²) in [4.78, 5) is 2.56. The van der Waals surface area contributed by atoms with E-state index in [0.717, 1.165) is 42.8 Å². The maximum atomic E-state index is 4.29. The lowest BCUT2D eigenvalue weighted by Crippen LogP contribution is -2.32. The lowest BCUT2D eigenvalue weighted by Gasteiger charge is -2.26. The fourth-order valence-electron chi connectivity index (χ4n) is 2.65. The Morgan fingerprint density at radius 1 is 1.33 bits per heavy atom. The van der Waals surface area contributed by atoms with E-state index in [1.54, 1.807) is 0 Å². The van der Waals surface area contributed by atoms with Crippen molar-refractivity contribution in [1.29, 1.82) is 0 Å². The van der Waals surface area contributed by atoms with Gasteiger partial charge in [-0.15, -0.1) is 5.10 Å². The average Bonchev–Trinajstić information content (AvgIpc) is 3.04. The van der Waals surface area contributed by atoms with Crippen LogP contribution in [0.15, 0.2) is 0 Å². The summed E-state index contributed by atoms with van der Waals surface area (Å²) >= 11 is 1.49. The van der Waals surface area contributed by atoms with E-state index in [9.17, 15) is 0 Å². The van der Waals surface area contributed by atoms with E-state index < -0.39 is 0 Å². The molecule has 1 aliphatic rings. The standard InChI is InChI=1S/C13H24N4S/c1-3-9-14-13-12(15-16-18-13)10-17(4-2)11-7-5-6-8-11/h11,14H,3-10H2,1-2H3. The molecule has 1 saturated carbocycles. The van der Waals surface area contributed by atoms with Crippen molar-refractivity contribution in [2.45, 2.75) is 58.5 Å². The fourth-order valence-corrected chi connectivity index (χ4v) is 3.24. The van der Waals surface area contributed by atoms with Crippen LogP contribution in [0.25, 0.3) is 0 Å². The van der Waals surface area contributed by atoms with Crippen LogP contribution in [0.2, 0.25) is 0 Å². The van der Waals surface area contributed by atoms with Crippen molar-refractivity contribution in [1.82, 2.24) is 14.5 Å². The van der Waals surface area contributed by atoms with E-state index in [4.69, 9.17) is 0 Å². The lowest BCUT2D eigenvalue weighted by molar-refractivity contribution is 0.198. The third-order valence-electron chi connectivity index (χ3n) is 3.69.